The van der Waals surface area contributed by atoms with E-state index in [-0.39, 0.29) is 12.4 Å². The van der Waals surface area contributed by atoms with Gasteiger partial charge in [0.05, 0.1) is 11.7 Å². The maximum atomic E-state index is 12.4. The molecule has 1 aromatic carbocycles. The highest BCUT2D eigenvalue weighted by molar-refractivity contribution is 5.30. The first-order valence-electron chi connectivity index (χ1n) is 5.41. The molecule has 0 bridgehead atoms. The molecule has 0 aromatic heterocycles. The van der Waals surface area contributed by atoms with Crippen molar-refractivity contribution in [2.75, 3.05) is 6.61 Å². The van der Waals surface area contributed by atoms with Gasteiger partial charge in [-0.25, -0.2) is 0 Å². The summed E-state index contributed by atoms with van der Waals surface area (Å²) in [6.07, 6.45) is -3.65. The molecule has 0 aliphatic rings. The molecule has 1 N–H and O–H groups in total. The average molecular weight is 248 g/mol. The van der Waals surface area contributed by atoms with E-state index >= 15 is 0 Å². The van der Waals surface area contributed by atoms with E-state index in [9.17, 15) is 18.3 Å². The Hall–Kier alpha value is -1.23. The van der Waals surface area contributed by atoms with Gasteiger partial charge in [0.2, 0.25) is 0 Å². The first-order valence-corrected chi connectivity index (χ1v) is 5.41. The summed E-state index contributed by atoms with van der Waals surface area (Å²) < 4.78 is 42.3. The first kappa shape index (κ1) is 13.8. The fraction of sp³-hybridized carbons (Fsp3) is 0.500. The third-order valence-corrected chi connectivity index (χ3v) is 2.23. The normalized spacial score (nSPS) is 13.5. The summed E-state index contributed by atoms with van der Waals surface area (Å²) in [7, 11) is 0. The Morgan fingerprint density at radius 3 is 2.65 bits per heavy atom. The van der Waals surface area contributed by atoms with E-state index in [1.807, 2.05) is 6.92 Å². The van der Waals surface area contributed by atoms with Gasteiger partial charge >= 0.3 is 6.18 Å². The van der Waals surface area contributed by atoms with Crippen molar-refractivity contribution in [3.63, 3.8) is 0 Å². The number of alkyl halides is 3. The SMILES string of the molecule is CCCC(O)COc1cccc(C(F)(F)F)c1. The second kappa shape index (κ2) is 5.91. The zero-order valence-electron chi connectivity index (χ0n) is 9.50. The summed E-state index contributed by atoms with van der Waals surface area (Å²) in [5, 5.41) is 9.39. The van der Waals surface area contributed by atoms with Crippen molar-refractivity contribution in [2.24, 2.45) is 0 Å². The van der Waals surface area contributed by atoms with Crippen molar-refractivity contribution in [3.8, 4) is 5.75 Å². The number of hydrogen-bond acceptors (Lipinski definition) is 2. The molecule has 0 radical (unpaired) electrons. The topological polar surface area (TPSA) is 29.5 Å². The molecule has 17 heavy (non-hydrogen) atoms. The third kappa shape index (κ3) is 4.65. The molecule has 1 rings (SSSR count). The van der Waals surface area contributed by atoms with Crippen LogP contribution in [-0.4, -0.2) is 17.8 Å². The zero-order valence-corrected chi connectivity index (χ0v) is 9.50. The van der Waals surface area contributed by atoms with Crippen LogP contribution >= 0.6 is 0 Å². The molecule has 1 atom stereocenters. The number of aliphatic hydroxyl groups is 1. The van der Waals surface area contributed by atoms with Gasteiger partial charge in [-0.1, -0.05) is 19.4 Å². The van der Waals surface area contributed by atoms with E-state index in [4.69, 9.17) is 4.74 Å². The summed E-state index contributed by atoms with van der Waals surface area (Å²) >= 11 is 0. The average Bonchev–Trinajstić information content (AvgIpc) is 2.26. The van der Waals surface area contributed by atoms with Crippen LogP contribution in [0.1, 0.15) is 25.3 Å². The number of rotatable bonds is 5. The van der Waals surface area contributed by atoms with Crippen molar-refractivity contribution in [1.29, 1.82) is 0 Å². The van der Waals surface area contributed by atoms with E-state index in [0.717, 1.165) is 18.6 Å². The van der Waals surface area contributed by atoms with Gasteiger partial charge in [0, 0.05) is 0 Å². The lowest BCUT2D eigenvalue weighted by atomic mass is 10.2. The molecule has 1 unspecified atom stereocenters. The van der Waals surface area contributed by atoms with E-state index in [2.05, 4.69) is 0 Å². The lowest BCUT2D eigenvalue weighted by Gasteiger charge is -2.13. The largest absolute Gasteiger partial charge is 0.491 e. The summed E-state index contributed by atoms with van der Waals surface area (Å²) in [5.74, 6) is 0.120. The van der Waals surface area contributed by atoms with Crippen LogP contribution < -0.4 is 4.74 Å². The molecular formula is C12H15F3O2. The molecule has 0 fully saturated rings. The molecule has 0 aliphatic heterocycles. The summed E-state index contributed by atoms with van der Waals surface area (Å²) in [6, 6.07) is 4.63. The Balaban J connectivity index is 2.60. The highest BCUT2D eigenvalue weighted by Crippen LogP contribution is 2.31. The highest BCUT2D eigenvalue weighted by atomic mass is 19.4. The molecule has 5 heteroatoms. The Kier molecular flexibility index (Phi) is 4.81. The van der Waals surface area contributed by atoms with E-state index in [0.29, 0.717) is 6.42 Å². The van der Waals surface area contributed by atoms with Crippen LogP contribution in [0.15, 0.2) is 24.3 Å². The Morgan fingerprint density at radius 2 is 2.06 bits per heavy atom. The highest BCUT2D eigenvalue weighted by Gasteiger charge is 2.30. The monoisotopic (exact) mass is 248 g/mol. The van der Waals surface area contributed by atoms with E-state index in [1.165, 1.54) is 12.1 Å². The molecule has 0 heterocycles. The van der Waals surface area contributed by atoms with Crippen LogP contribution in [0.5, 0.6) is 5.75 Å². The summed E-state index contributed by atoms with van der Waals surface area (Å²) in [6.45, 7) is 1.92. The summed E-state index contributed by atoms with van der Waals surface area (Å²) in [4.78, 5) is 0. The maximum absolute atomic E-state index is 12.4. The summed E-state index contributed by atoms with van der Waals surface area (Å²) in [5.41, 5.74) is -0.750. The number of aliphatic hydroxyl groups excluding tert-OH is 1. The maximum Gasteiger partial charge on any atom is 0.416 e. The van der Waals surface area contributed by atoms with Gasteiger partial charge in [0.25, 0.3) is 0 Å². The molecule has 0 saturated heterocycles. The van der Waals surface area contributed by atoms with Gasteiger partial charge in [-0.05, 0) is 24.6 Å². The second-order valence-electron chi connectivity index (χ2n) is 3.78. The zero-order chi connectivity index (χ0) is 12.9. The molecule has 0 aliphatic carbocycles. The Bertz CT molecular complexity index is 350. The fourth-order valence-corrected chi connectivity index (χ4v) is 1.37. The smallest absolute Gasteiger partial charge is 0.416 e. The minimum Gasteiger partial charge on any atom is -0.491 e. The Labute approximate surface area is 98.0 Å². The number of halogens is 3. The number of ether oxygens (including phenoxy) is 1. The molecule has 0 saturated carbocycles. The minimum atomic E-state index is -4.37. The van der Waals surface area contributed by atoms with Gasteiger partial charge in [0.15, 0.2) is 0 Å². The van der Waals surface area contributed by atoms with Crippen LogP contribution in [0, 0.1) is 0 Å². The van der Waals surface area contributed by atoms with Crippen LogP contribution in [0.4, 0.5) is 13.2 Å². The molecule has 2 nitrogen and oxygen atoms in total. The number of benzene rings is 1. The van der Waals surface area contributed by atoms with Crippen molar-refractivity contribution >= 4 is 0 Å². The first-order chi connectivity index (χ1) is 7.93. The van der Waals surface area contributed by atoms with Crippen molar-refractivity contribution in [3.05, 3.63) is 29.8 Å². The predicted octanol–water partition coefficient (Wildman–Crippen LogP) is 3.25. The van der Waals surface area contributed by atoms with Crippen molar-refractivity contribution in [2.45, 2.75) is 32.0 Å². The van der Waals surface area contributed by atoms with E-state index < -0.39 is 17.8 Å². The molecule has 96 valence electrons. The number of hydrogen-bond donors (Lipinski definition) is 1. The third-order valence-electron chi connectivity index (χ3n) is 2.23. The fourth-order valence-electron chi connectivity index (χ4n) is 1.37. The Morgan fingerprint density at radius 1 is 1.35 bits per heavy atom. The lowest BCUT2D eigenvalue weighted by Crippen LogP contribution is -2.17. The lowest BCUT2D eigenvalue weighted by molar-refractivity contribution is -0.137. The molecular weight excluding hydrogens is 233 g/mol. The van der Waals surface area contributed by atoms with Gasteiger partial charge < -0.3 is 9.84 Å². The van der Waals surface area contributed by atoms with Gasteiger partial charge in [-0.2, -0.15) is 13.2 Å². The molecule has 0 spiro atoms. The van der Waals surface area contributed by atoms with Gasteiger partial charge in [-0.3, -0.25) is 0 Å². The molecule has 0 amide bonds. The molecule has 1 aromatic rings. The standard InChI is InChI=1S/C12H15F3O2/c1-2-4-10(16)8-17-11-6-3-5-9(7-11)12(13,14)15/h3,5-7,10,16H,2,4,8H2,1H3. The predicted molar refractivity (Wildman–Crippen MR) is 57.9 cm³/mol. The van der Waals surface area contributed by atoms with Gasteiger partial charge in [0.1, 0.15) is 12.4 Å². The minimum absolute atomic E-state index is 0.00908. The van der Waals surface area contributed by atoms with Crippen LogP contribution in [0.2, 0.25) is 0 Å². The van der Waals surface area contributed by atoms with E-state index in [1.54, 1.807) is 0 Å². The van der Waals surface area contributed by atoms with Crippen molar-refractivity contribution < 1.29 is 23.0 Å². The van der Waals surface area contributed by atoms with Crippen LogP contribution in [0.3, 0.4) is 0 Å². The van der Waals surface area contributed by atoms with Crippen molar-refractivity contribution in [1.82, 2.24) is 0 Å². The quantitative estimate of drug-likeness (QED) is 0.866. The second-order valence-corrected chi connectivity index (χ2v) is 3.78. The van der Waals surface area contributed by atoms with Crippen LogP contribution in [-0.2, 0) is 6.18 Å². The van der Waals surface area contributed by atoms with Gasteiger partial charge in [-0.15, -0.1) is 0 Å². The van der Waals surface area contributed by atoms with Crippen LogP contribution in [0.25, 0.3) is 0 Å².